The van der Waals surface area contributed by atoms with Crippen LogP contribution in [0.3, 0.4) is 0 Å². The maximum atomic E-state index is 13.1. The number of pyridine rings is 1. The maximum Gasteiger partial charge on any atom is 0.391 e. The molecule has 2 aliphatic carbocycles. The Kier molecular flexibility index (Phi) is 9.13. The Bertz CT molecular complexity index is 1550. The standard InChI is InChI=1S/C28H29Cl2F5N6O3/c1-27(8-9-27)25(43)36-11-13-2-7-17(29)21(20(13)30)39-26-38-18-10-16(24(40-22(18)41-26)44-12-19(31)32)23(42)37-15-5-3-14(4-6-15)28(33,34)35/h2,7,10,14-15,19H,3-6,8-9,11-12H2,1H3,(H,36,43)(H,37,42)(H2,38,39,40,41)/t14-,15-. The third kappa shape index (κ3) is 7.28. The van der Waals surface area contributed by atoms with Crippen LogP contribution < -0.4 is 20.7 Å². The summed E-state index contributed by atoms with van der Waals surface area (Å²) >= 11 is 13.0. The molecule has 2 aromatic heterocycles. The van der Waals surface area contributed by atoms with Crippen molar-refractivity contribution in [2.75, 3.05) is 11.9 Å². The van der Waals surface area contributed by atoms with Crippen LogP contribution >= 0.6 is 23.2 Å². The highest BCUT2D eigenvalue weighted by molar-refractivity contribution is 6.39. The SMILES string of the molecule is CC1(C(=O)NCc2ccc(Cl)c(Nc3nc4nc(OCC(F)F)c(C(=O)N[C@H]5CC[C@H](C(F)(F)F)CC5)cc4[nH]3)c2Cl)CC1. The molecule has 44 heavy (non-hydrogen) atoms. The zero-order valence-corrected chi connectivity index (χ0v) is 24.9. The summed E-state index contributed by atoms with van der Waals surface area (Å²) in [5.41, 5.74) is 0.573. The molecule has 2 heterocycles. The van der Waals surface area contributed by atoms with Crippen LogP contribution in [0.15, 0.2) is 18.2 Å². The molecule has 4 N–H and O–H groups in total. The Morgan fingerprint density at radius 2 is 1.84 bits per heavy atom. The number of aromatic amines is 1. The molecular formula is C28H29Cl2F5N6O3. The Labute approximate surface area is 258 Å². The first kappa shape index (κ1) is 32.0. The molecule has 0 bridgehead atoms. The Balaban J connectivity index is 1.35. The molecule has 2 fully saturated rings. The molecule has 2 amide bonds. The van der Waals surface area contributed by atoms with Gasteiger partial charge in [0.15, 0.2) is 12.3 Å². The largest absolute Gasteiger partial charge is 0.471 e. The number of amides is 2. The van der Waals surface area contributed by atoms with Crippen LogP contribution in [0.5, 0.6) is 5.88 Å². The summed E-state index contributed by atoms with van der Waals surface area (Å²) in [5, 5.41) is 8.98. The van der Waals surface area contributed by atoms with Crippen molar-refractivity contribution in [1.29, 1.82) is 0 Å². The van der Waals surface area contributed by atoms with Gasteiger partial charge in [-0.3, -0.25) is 9.59 Å². The maximum absolute atomic E-state index is 13.1. The monoisotopic (exact) mass is 662 g/mol. The van der Waals surface area contributed by atoms with Crippen molar-refractivity contribution < 1.29 is 36.3 Å². The molecular weight excluding hydrogens is 634 g/mol. The first-order chi connectivity index (χ1) is 20.7. The number of nitrogens with one attached hydrogen (secondary N) is 4. The molecule has 0 unspecified atom stereocenters. The molecule has 3 aromatic rings. The topological polar surface area (TPSA) is 121 Å². The summed E-state index contributed by atoms with van der Waals surface area (Å²) in [6, 6.07) is 4.05. The quantitative estimate of drug-likeness (QED) is 0.175. The minimum Gasteiger partial charge on any atom is -0.471 e. The fraction of sp³-hybridized carbons (Fsp3) is 0.500. The lowest BCUT2D eigenvalue weighted by Gasteiger charge is -2.30. The van der Waals surface area contributed by atoms with Gasteiger partial charge < -0.3 is 25.7 Å². The highest BCUT2D eigenvalue weighted by atomic mass is 35.5. The summed E-state index contributed by atoms with van der Waals surface area (Å²) in [6.45, 7) is 1.01. The lowest BCUT2D eigenvalue weighted by Crippen LogP contribution is -2.40. The Morgan fingerprint density at radius 1 is 1.14 bits per heavy atom. The van der Waals surface area contributed by atoms with Gasteiger partial charge in [0.2, 0.25) is 17.7 Å². The van der Waals surface area contributed by atoms with Gasteiger partial charge in [0.05, 0.1) is 27.2 Å². The van der Waals surface area contributed by atoms with Crippen LogP contribution in [0.1, 0.15) is 61.4 Å². The molecule has 0 spiro atoms. The third-order valence-electron chi connectivity index (χ3n) is 7.96. The minimum atomic E-state index is -4.30. The molecule has 16 heteroatoms. The number of carbonyl (C=O) groups is 2. The van der Waals surface area contributed by atoms with Gasteiger partial charge in [0, 0.05) is 18.0 Å². The van der Waals surface area contributed by atoms with Crippen molar-refractivity contribution >= 4 is 57.8 Å². The molecule has 0 radical (unpaired) electrons. The zero-order valence-electron chi connectivity index (χ0n) is 23.4. The van der Waals surface area contributed by atoms with E-state index in [0.717, 1.165) is 12.8 Å². The van der Waals surface area contributed by atoms with Crippen molar-refractivity contribution in [2.24, 2.45) is 11.3 Å². The van der Waals surface area contributed by atoms with Crippen LogP contribution in [0, 0.1) is 11.3 Å². The average Bonchev–Trinajstić information content (AvgIpc) is 3.59. The van der Waals surface area contributed by atoms with Gasteiger partial charge in [0.25, 0.3) is 12.3 Å². The number of hydrogen-bond acceptors (Lipinski definition) is 6. The summed E-state index contributed by atoms with van der Waals surface area (Å²) in [7, 11) is 0. The lowest BCUT2D eigenvalue weighted by molar-refractivity contribution is -0.182. The van der Waals surface area contributed by atoms with Gasteiger partial charge in [-0.2, -0.15) is 23.1 Å². The van der Waals surface area contributed by atoms with Crippen LogP contribution in [0.2, 0.25) is 10.0 Å². The number of rotatable bonds is 10. The number of halogens is 7. The van der Waals surface area contributed by atoms with Gasteiger partial charge in [-0.15, -0.1) is 0 Å². The third-order valence-corrected chi connectivity index (χ3v) is 8.70. The number of imidazole rings is 1. The van der Waals surface area contributed by atoms with Gasteiger partial charge in [0.1, 0.15) is 5.56 Å². The van der Waals surface area contributed by atoms with E-state index >= 15 is 0 Å². The van der Waals surface area contributed by atoms with Crippen LogP contribution in [-0.2, 0) is 11.3 Å². The summed E-state index contributed by atoms with van der Waals surface area (Å²) in [4.78, 5) is 36.9. The predicted molar refractivity (Wildman–Crippen MR) is 154 cm³/mol. The molecule has 238 valence electrons. The fourth-order valence-corrected chi connectivity index (χ4v) is 5.53. The average molecular weight is 663 g/mol. The number of nitrogens with zero attached hydrogens (tertiary/aromatic N) is 2. The first-order valence-corrected chi connectivity index (χ1v) is 14.7. The highest BCUT2D eigenvalue weighted by Gasteiger charge is 2.44. The van der Waals surface area contributed by atoms with E-state index in [9.17, 15) is 31.5 Å². The predicted octanol–water partition coefficient (Wildman–Crippen LogP) is 6.92. The molecule has 2 saturated carbocycles. The number of carbonyl (C=O) groups excluding carboxylic acids is 2. The highest BCUT2D eigenvalue weighted by Crippen LogP contribution is 2.45. The summed E-state index contributed by atoms with van der Waals surface area (Å²) in [6.07, 6.45) is -5.55. The normalized spacial score (nSPS) is 19.6. The van der Waals surface area contributed by atoms with E-state index in [2.05, 4.69) is 30.9 Å². The van der Waals surface area contributed by atoms with Crippen LogP contribution in [0.4, 0.5) is 33.6 Å². The van der Waals surface area contributed by atoms with Crippen molar-refractivity contribution in [3.63, 3.8) is 0 Å². The first-order valence-electron chi connectivity index (χ1n) is 13.9. The number of alkyl halides is 5. The number of aromatic nitrogens is 3. The number of H-pyrrole nitrogens is 1. The number of benzene rings is 1. The second kappa shape index (κ2) is 12.5. The van der Waals surface area contributed by atoms with E-state index in [-0.39, 0.29) is 82.0 Å². The van der Waals surface area contributed by atoms with Gasteiger partial charge >= 0.3 is 6.18 Å². The van der Waals surface area contributed by atoms with Gasteiger partial charge in [-0.1, -0.05) is 36.2 Å². The number of hydrogen-bond donors (Lipinski definition) is 4. The molecule has 2 aliphatic rings. The van der Waals surface area contributed by atoms with E-state index in [1.165, 1.54) is 6.07 Å². The van der Waals surface area contributed by atoms with Gasteiger partial charge in [-0.25, -0.2) is 8.78 Å². The number of anilines is 2. The summed E-state index contributed by atoms with van der Waals surface area (Å²) < 4.78 is 70.2. The smallest absolute Gasteiger partial charge is 0.391 e. The fourth-order valence-electron chi connectivity index (χ4n) is 5.00. The second-order valence-corrected chi connectivity index (χ2v) is 12.1. The number of fused-ring (bicyclic) bond motifs is 1. The van der Waals surface area contributed by atoms with Gasteiger partial charge in [-0.05, 0) is 56.2 Å². The molecule has 0 atom stereocenters. The number of ether oxygens (including phenoxy) is 1. The van der Waals surface area contributed by atoms with Crippen molar-refractivity contribution in [3.8, 4) is 5.88 Å². The molecule has 1 aromatic carbocycles. The minimum absolute atomic E-state index is 0.0207. The molecule has 5 rings (SSSR count). The summed E-state index contributed by atoms with van der Waals surface area (Å²) in [5.74, 6) is -2.53. The van der Waals surface area contributed by atoms with E-state index < -0.39 is 43.0 Å². The van der Waals surface area contributed by atoms with Crippen molar-refractivity contribution in [2.45, 2.75) is 70.6 Å². The Morgan fingerprint density at radius 3 is 2.48 bits per heavy atom. The van der Waals surface area contributed by atoms with E-state index in [1.54, 1.807) is 12.1 Å². The van der Waals surface area contributed by atoms with E-state index in [1.807, 2.05) is 6.92 Å². The lowest BCUT2D eigenvalue weighted by atomic mass is 9.85. The van der Waals surface area contributed by atoms with Crippen LogP contribution in [-0.4, -0.2) is 52.0 Å². The molecule has 0 aliphatic heterocycles. The van der Waals surface area contributed by atoms with Crippen molar-refractivity contribution in [1.82, 2.24) is 25.6 Å². The molecule has 9 nitrogen and oxygen atoms in total. The zero-order chi connectivity index (χ0) is 31.8. The van der Waals surface area contributed by atoms with Crippen LogP contribution in [0.25, 0.3) is 11.2 Å². The van der Waals surface area contributed by atoms with E-state index in [0.29, 0.717) is 5.56 Å². The van der Waals surface area contributed by atoms with E-state index in [4.69, 9.17) is 27.9 Å². The Hall–Kier alpha value is -3.39. The molecule has 0 saturated heterocycles. The van der Waals surface area contributed by atoms with Crippen molar-refractivity contribution in [3.05, 3.63) is 39.4 Å². The second-order valence-electron chi connectivity index (χ2n) is 11.3.